The minimum atomic E-state index is 0.153. The highest BCUT2D eigenvalue weighted by Crippen LogP contribution is 2.14. The number of hydrogen-bond donors (Lipinski definition) is 0. The van der Waals surface area contributed by atoms with Gasteiger partial charge in [0.25, 0.3) is 0 Å². The van der Waals surface area contributed by atoms with Crippen molar-refractivity contribution in [3.05, 3.63) is 40.7 Å². The molecule has 3 heteroatoms. The molecule has 3 rings (SSSR count). The van der Waals surface area contributed by atoms with Gasteiger partial charge in [-0.3, -0.25) is 9.78 Å². The zero-order valence-electron chi connectivity index (χ0n) is 7.47. The number of pyridine rings is 1. The Bertz CT molecular complexity index is 557. The number of nitrogens with zero attached hydrogens (tertiary/aromatic N) is 2. The van der Waals surface area contributed by atoms with Crippen molar-refractivity contribution in [2.75, 3.05) is 6.54 Å². The number of hydrogen-bond acceptors (Lipinski definition) is 3. The molecule has 0 aromatic carbocycles. The summed E-state index contributed by atoms with van der Waals surface area (Å²) in [6, 6.07) is 3.90. The molecule has 3 nitrogen and oxygen atoms in total. The first-order chi connectivity index (χ1) is 6.83. The molecule has 0 N–H and O–H groups in total. The molecule has 0 bridgehead atoms. The predicted molar refractivity (Wildman–Crippen MR) is 52.2 cm³/mol. The summed E-state index contributed by atoms with van der Waals surface area (Å²) in [5.74, 6) is 0.153. The largest absolute Gasteiger partial charge is 0.338 e. The van der Waals surface area contributed by atoms with Crippen molar-refractivity contribution >= 4 is 18.1 Å². The lowest BCUT2D eigenvalue weighted by Gasteiger charge is -2.16. The van der Waals surface area contributed by atoms with Crippen molar-refractivity contribution in [2.45, 2.75) is 0 Å². The van der Waals surface area contributed by atoms with E-state index >= 15 is 0 Å². The lowest BCUT2D eigenvalue weighted by molar-refractivity contribution is -0.113. The second-order valence-electron chi connectivity index (χ2n) is 3.41. The highest BCUT2D eigenvalue weighted by molar-refractivity contribution is 5.97. The van der Waals surface area contributed by atoms with Crippen LogP contribution in [0.2, 0.25) is 0 Å². The van der Waals surface area contributed by atoms with Crippen LogP contribution in [0.25, 0.3) is 12.3 Å². The summed E-state index contributed by atoms with van der Waals surface area (Å²) in [5.41, 5.74) is 0.968. The normalized spacial score (nSPS) is 17.9. The fourth-order valence-electron chi connectivity index (χ4n) is 1.76. The number of rotatable bonds is 0. The topological polar surface area (TPSA) is 33.2 Å². The Morgan fingerprint density at radius 3 is 3.21 bits per heavy atom. The molecule has 0 atom stereocenters. The van der Waals surface area contributed by atoms with Crippen LogP contribution >= 0.6 is 0 Å². The molecule has 1 aromatic heterocycles. The first-order valence-corrected chi connectivity index (χ1v) is 4.49. The molecule has 2 aliphatic heterocycles. The summed E-state index contributed by atoms with van der Waals surface area (Å²) < 4.78 is 0. The van der Waals surface area contributed by atoms with Gasteiger partial charge in [-0.25, -0.2) is 0 Å². The summed E-state index contributed by atoms with van der Waals surface area (Å²) in [4.78, 5) is 17.3. The van der Waals surface area contributed by atoms with Crippen LogP contribution in [-0.2, 0) is 4.79 Å². The van der Waals surface area contributed by atoms with Crippen LogP contribution in [0.4, 0.5) is 0 Å². The van der Waals surface area contributed by atoms with Crippen molar-refractivity contribution in [3.8, 4) is 0 Å². The van der Waals surface area contributed by atoms with Crippen LogP contribution < -0.4 is 10.6 Å². The number of carbonyl (C=O) groups is 1. The molecule has 0 saturated carbocycles. The molecule has 0 spiro atoms. The monoisotopic (exact) mass is 184 g/mol. The maximum atomic E-state index is 11.2. The molecule has 68 valence electrons. The lowest BCUT2D eigenvalue weighted by atomic mass is 10.2. The van der Waals surface area contributed by atoms with Gasteiger partial charge in [0.2, 0.25) is 0 Å². The van der Waals surface area contributed by atoms with Crippen LogP contribution in [0.1, 0.15) is 0 Å². The van der Waals surface area contributed by atoms with E-state index in [1.807, 2.05) is 29.3 Å². The third kappa shape index (κ3) is 0.988. The van der Waals surface area contributed by atoms with Crippen molar-refractivity contribution in [1.82, 2.24) is 9.88 Å². The minimum Gasteiger partial charge on any atom is -0.338 e. The van der Waals surface area contributed by atoms with Crippen LogP contribution in [0.5, 0.6) is 0 Å². The Labute approximate surface area is 80.7 Å². The second kappa shape index (κ2) is 2.54. The third-order valence-electron chi connectivity index (χ3n) is 2.42. The van der Waals surface area contributed by atoms with Gasteiger partial charge in [0, 0.05) is 29.4 Å². The Morgan fingerprint density at radius 2 is 2.29 bits per heavy atom. The summed E-state index contributed by atoms with van der Waals surface area (Å²) >= 11 is 0. The molecular weight excluding hydrogens is 176 g/mol. The van der Waals surface area contributed by atoms with Crippen molar-refractivity contribution in [3.63, 3.8) is 0 Å². The van der Waals surface area contributed by atoms with E-state index < -0.39 is 0 Å². The smallest absolute Gasteiger partial charge is 0.177 e. The fourth-order valence-corrected chi connectivity index (χ4v) is 1.76. The van der Waals surface area contributed by atoms with Crippen LogP contribution in [-0.4, -0.2) is 22.2 Å². The van der Waals surface area contributed by atoms with E-state index in [-0.39, 0.29) is 5.78 Å². The van der Waals surface area contributed by atoms with Gasteiger partial charge >= 0.3 is 0 Å². The summed E-state index contributed by atoms with van der Waals surface area (Å²) in [6.45, 7) is 0.446. The molecule has 0 saturated heterocycles. The molecule has 0 aliphatic carbocycles. The first-order valence-electron chi connectivity index (χ1n) is 4.49. The molecule has 1 aromatic rings. The molecule has 0 amide bonds. The Morgan fingerprint density at radius 1 is 1.36 bits per heavy atom. The van der Waals surface area contributed by atoms with Gasteiger partial charge in [0.05, 0.1) is 11.9 Å². The van der Waals surface area contributed by atoms with Gasteiger partial charge < -0.3 is 4.90 Å². The molecule has 0 unspecified atom stereocenters. The Hall–Kier alpha value is -1.90. The van der Waals surface area contributed by atoms with Crippen molar-refractivity contribution < 1.29 is 4.79 Å². The highest BCUT2D eigenvalue weighted by Gasteiger charge is 2.19. The quantitative estimate of drug-likeness (QED) is 0.539. The summed E-state index contributed by atoms with van der Waals surface area (Å²) in [7, 11) is 0. The molecular formula is C11H8N2O. The van der Waals surface area contributed by atoms with Crippen molar-refractivity contribution in [2.24, 2.45) is 0 Å². The maximum absolute atomic E-state index is 11.2. The SMILES string of the molecule is O=C1C=C2C=c3cccnc3=CN2C1. The molecule has 14 heavy (non-hydrogen) atoms. The summed E-state index contributed by atoms with van der Waals surface area (Å²) in [6.07, 6.45) is 7.35. The van der Waals surface area contributed by atoms with Gasteiger partial charge in [0.1, 0.15) is 0 Å². The van der Waals surface area contributed by atoms with Crippen LogP contribution in [0, 0.1) is 0 Å². The van der Waals surface area contributed by atoms with Crippen LogP contribution in [0.15, 0.2) is 30.1 Å². The average molecular weight is 184 g/mol. The lowest BCUT2D eigenvalue weighted by Crippen LogP contribution is -2.35. The fraction of sp³-hybridized carbons (Fsp3) is 0.0909. The van der Waals surface area contributed by atoms with Crippen LogP contribution in [0.3, 0.4) is 0 Å². The minimum absolute atomic E-state index is 0.153. The highest BCUT2D eigenvalue weighted by atomic mass is 16.1. The second-order valence-corrected chi connectivity index (χ2v) is 3.41. The number of ketones is 1. The standard InChI is InChI=1S/C11H8N2O/c14-10-5-9-4-8-2-1-3-12-11(8)7-13(9)6-10/h1-5,7H,6H2. The van der Waals surface area contributed by atoms with Gasteiger partial charge in [-0.1, -0.05) is 6.07 Å². The van der Waals surface area contributed by atoms with Crippen molar-refractivity contribution in [1.29, 1.82) is 0 Å². The van der Waals surface area contributed by atoms with E-state index in [9.17, 15) is 4.79 Å². The summed E-state index contributed by atoms with van der Waals surface area (Å²) in [5, 5.41) is 2.00. The van der Waals surface area contributed by atoms with Gasteiger partial charge in [0.15, 0.2) is 5.78 Å². The third-order valence-corrected chi connectivity index (χ3v) is 2.42. The van der Waals surface area contributed by atoms with E-state index in [1.54, 1.807) is 12.3 Å². The number of aromatic nitrogens is 1. The predicted octanol–water partition coefficient (Wildman–Crippen LogP) is -0.618. The molecule has 3 heterocycles. The molecule has 0 fully saturated rings. The Kier molecular flexibility index (Phi) is 1.36. The number of allylic oxidation sites excluding steroid dienone is 1. The van der Waals surface area contributed by atoms with E-state index in [4.69, 9.17) is 0 Å². The zero-order chi connectivity index (χ0) is 9.54. The number of carbonyl (C=O) groups excluding carboxylic acids is 1. The van der Waals surface area contributed by atoms with E-state index in [0.717, 1.165) is 16.3 Å². The first kappa shape index (κ1) is 7.50. The van der Waals surface area contributed by atoms with E-state index in [0.29, 0.717) is 6.54 Å². The maximum Gasteiger partial charge on any atom is 0.177 e. The average Bonchev–Trinajstić information content (AvgIpc) is 2.53. The van der Waals surface area contributed by atoms with Gasteiger partial charge in [-0.05, 0) is 12.1 Å². The number of fused-ring (bicyclic) bond motifs is 2. The Balaban J connectivity index is 2.30. The zero-order valence-corrected chi connectivity index (χ0v) is 7.47. The van der Waals surface area contributed by atoms with Gasteiger partial charge in [-0.15, -0.1) is 0 Å². The van der Waals surface area contributed by atoms with E-state index in [1.165, 1.54) is 0 Å². The van der Waals surface area contributed by atoms with E-state index in [2.05, 4.69) is 4.98 Å². The molecule has 2 aliphatic rings. The van der Waals surface area contributed by atoms with Gasteiger partial charge in [-0.2, -0.15) is 0 Å². The molecule has 0 radical (unpaired) electrons.